The Morgan fingerprint density at radius 3 is 2.26 bits per heavy atom. The van der Waals surface area contributed by atoms with Crippen LogP contribution in [0.4, 0.5) is 0 Å². The highest BCUT2D eigenvalue weighted by Gasteiger charge is 2.47. The van der Waals surface area contributed by atoms with Crippen molar-refractivity contribution in [2.24, 2.45) is 5.92 Å². The molecule has 0 saturated heterocycles. The topological polar surface area (TPSA) is 52.6 Å². The highest BCUT2D eigenvalue weighted by Crippen LogP contribution is 2.63. The second kappa shape index (κ2) is 6.38. The first-order valence-electron chi connectivity index (χ1n) is 9.23. The predicted octanol–water partition coefficient (Wildman–Crippen LogP) is 4.94. The second-order valence-electron chi connectivity index (χ2n) is 7.54. The molecule has 4 heteroatoms. The summed E-state index contributed by atoms with van der Waals surface area (Å²) in [5, 5.41) is 1.57. The Morgan fingerprint density at radius 2 is 1.63 bits per heavy atom. The van der Waals surface area contributed by atoms with Crippen LogP contribution in [-0.4, -0.2) is 11.9 Å². The molecule has 4 nitrogen and oxygen atoms in total. The number of aryl methyl sites for hydroxylation is 1. The molecule has 2 aromatic rings. The van der Waals surface area contributed by atoms with E-state index in [1.54, 1.807) is 0 Å². The molecule has 27 heavy (non-hydrogen) atoms. The van der Waals surface area contributed by atoms with Gasteiger partial charge in [-0.1, -0.05) is 37.8 Å². The lowest BCUT2D eigenvalue weighted by Gasteiger charge is -2.27. The summed E-state index contributed by atoms with van der Waals surface area (Å²) >= 11 is 0. The smallest absolute Gasteiger partial charge is 0.335 e. The zero-order valence-corrected chi connectivity index (χ0v) is 15.6. The average Bonchev–Trinajstić information content (AvgIpc) is 3.21. The Labute approximate surface area is 158 Å². The maximum absolute atomic E-state index is 12.1. The molecule has 0 aliphatic heterocycles. The number of benzene rings is 2. The lowest BCUT2D eigenvalue weighted by atomic mass is 9.81. The largest absolute Gasteiger partial charge is 0.422 e. The van der Waals surface area contributed by atoms with Crippen LogP contribution in [0.3, 0.4) is 0 Å². The minimum atomic E-state index is -0.481. The van der Waals surface area contributed by atoms with Crippen LogP contribution in [0.15, 0.2) is 43.5 Å². The van der Waals surface area contributed by atoms with Crippen molar-refractivity contribution in [3.8, 4) is 11.5 Å². The van der Waals surface area contributed by atoms with Crippen LogP contribution in [0.25, 0.3) is 10.8 Å². The van der Waals surface area contributed by atoms with Gasteiger partial charge in [-0.05, 0) is 43.6 Å². The van der Waals surface area contributed by atoms with Crippen LogP contribution in [0.5, 0.6) is 11.5 Å². The van der Waals surface area contributed by atoms with Crippen LogP contribution >= 0.6 is 0 Å². The van der Waals surface area contributed by atoms with E-state index in [9.17, 15) is 9.59 Å². The van der Waals surface area contributed by atoms with Gasteiger partial charge in [0.05, 0.1) is 0 Å². The van der Waals surface area contributed by atoms with E-state index in [1.165, 1.54) is 12.2 Å². The zero-order chi connectivity index (χ0) is 19.3. The van der Waals surface area contributed by atoms with Crippen molar-refractivity contribution in [1.29, 1.82) is 0 Å². The van der Waals surface area contributed by atoms with E-state index in [0.717, 1.165) is 40.3 Å². The van der Waals surface area contributed by atoms with Gasteiger partial charge in [0, 0.05) is 34.1 Å². The maximum Gasteiger partial charge on any atom is 0.335 e. The molecule has 4 rings (SSSR count). The minimum Gasteiger partial charge on any atom is -0.422 e. The van der Waals surface area contributed by atoms with Gasteiger partial charge in [-0.15, -0.1) is 0 Å². The first-order chi connectivity index (χ1) is 12.9. The van der Waals surface area contributed by atoms with E-state index in [1.807, 2.05) is 25.1 Å². The van der Waals surface area contributed by atoms with E-state index >= 15 is 0 Å². The first-order valence-corrected chi connectivity index (χ1v) is 9.23. The summed E-state index contributed by atoms with van der Waals surface area (Å²) in [4.78, 5) is 24.1. The number of carbonyl (C=O) groups is 2. The van der Waals surface area contributed by atoms with Crippen LogP contribution in [0.1, 0.15) is 48.3 Å². The van der Waals surface area contributed by atoms with Crippen molar-refractivity contribution >= 4 is 22.7 Å². The normalized spacial score (nSPS) is 22.4. The van der Waals surface area contributed by atoms with Gasteiger partial charge in [0.1, 0.15) is 11.5 Å². The summed E-state index contributed by atoms with van der Waals surface area (Å²) in [7, 11) is 0. The molecule has 0 radical (unpaired) electrons. The fraction of sp³-hybridized carbons (Fsp3) is 0.304. The van der Waals surface area contributed by atoms with Gasteiger partial charge in [0.15, 0.2) is 0 Å². The van der Waals surface area contributed by atoms with Gasteiger partial charge in [0.25, 0.3) is 0 Å². The third-order valence-electron chi connectivity index (χ3n) is 5.84. The Hall–Kier alpha value is -2.88. The van der Waals surface area contributed by atoms with E-state index in [-0.39, 0.29) is 0 Å². The molecule has 3 atom stereocenters. The molecular formula is C23H22O4. The van der Waals surface area contributed by atoms with Gasteiger partial charge in [-0.25, -0.2) is 9.59 Å². The standard InChI is InChI=1S/C23H22O4/c1-5-18(24)26-22-15-8-7-12(3)9-17(15)23(27-19(25)6-2)20-14-10-13(4)16(11-14)21(20)22/h5-9,13-14,16H,1-2,10-11H2,3-4H3. The van der Waals surface area contributed by atoms with Crippen LogP contribution in [-0.2, 0) is 9.59 Å². The summed E-state index contributed by atoms with van der Waals surface area (Å²) in [5.74, 6) is 1.31. The number of hydrogen-bond acceptors (Lipinski definition) is 4. The van der Waals surface area contributed by atoms with Gasteiger partial charge < -0.3 is 9.47 Å². The SMILES string of the molecule is C=CC(=O)Oc1c2c(c(OC(=O)C=C)c3ccc(C)cc13)C1CC2CC1C. The Bertz CT molecular complexity index is 1000. The van der Waals surface area contributed by atoms with Crippen molar-refractivity contribution in [2.75, 3.05) is 0 Å². The van der Waals surface area contributed by atoms with E-state index in [0.29, 0.717) is 29.3 Å². The molecule has 0 aromatic heterocycles. The Morgan fingerprint density at radius 1 is 1.00 bits per heavy atom. The van der Waals surface area contributed by atoms with Crippen LogP contribution in [0, 0.1) is 12.8 Å². The number of ether oxygens (including phenoxy) is 2. The highest BCUT2D eigenvalue weighted by molar-refractivity contribution is 6.01. The summed E-state index contributed by atoms with van der Waals surface area (Å²) < 4.78 is 11.5. The number of rotatable bonds is 4. The van der Waals surface area contributed by atoms with E-state index in [4.69, 9.17) is 9.47 Å². The predicted molar refractivity (Wildman–Crippen MR) is 104 cm³/mol. The third kappa shape index (κ3) is 2.67. The minimum absolute atomic E-state index is 0.296. The van der Waals surface area contributed by atoms with Crippen molar-refractivity contribution < 1.29 is 19.1 Å². The molecule has 1 fully saturated rings. The summed E-state index contributed by atoms with van der Waals surface area (Å²) in [5.41, 5.74) is 3.06. The molecule has 138 valence electrons. The third-order valence-corrected chi connectivity index (χ3v) is 5.84. The highest BCUT2D eigenvalue weighted by atomic mass is 16.5. The molecule has 2 aromatic carbocycles. The summed E-state index contributed by atoms with van der Waals surface area (Å²) in [6.45, 7) is 11.2. The van der Waals surface area contributed by atoms with Gasteiger partial charge in [-0.2, -0.15) is 0 Å². The maximum atomic E-state index is 12.1. The molecule has 2 bridgehead atoms. The molecule has 0 N–H and O–H groups in total. The van der Waals surface area contributed by atoms with E-state index in [2.05, 4.69) is 20.1 Å². The molecular weight excluding hydrogens is 340 g/mol. The Kier molecular flexibility index (Phi) is 4.14. The zero-order valence-electron chi connectivity index (χ0n) is 15.6. The second-order valence-corrected chi connectivity index (χ2v) is 7.54. The number of hydrogen-bond donors (Lipinski definition) is 0. The molecule has 1 saturated carbocycles. The van der Waals surface area contributed by atoms with Gasteiger partial charge in [0.2, 0.25) is 0 Å². The summed E-state index contributed by atoms with van der Waals surface area (Å²) in [6, 6.07) is 5.87. The van der Waals surface area contributed by atoms with E-state index < -0.39 is 11.9 Å². The molecule has 0 heterocycles. The lowest BCUT2D eigenvalue weighted by Crippen LogP contribution is -2.15. The number of esters is 2. The van der Waals surface area contributed by atoms with Crippen molar-refractivity contribution in [2.45, 2.75) is 38.5 Å². The number of fused-ring (bicyclic) bond motifs is 6. The molecule has 0 spiro atoms. The van der Waals surface area contributed by atoms with Crippen molar-refractivity contribution in [3.63, 3.8) is 0 Å². The van der Waals surface area contributed by atoms with Gasteiger partial charge >= 0.3 is 11.9 Å². The molecule has 0 amide bonds. The fourth-order valence-corrected chi connectivity index (χ4v) is 4.74. The molecule has 3 unspecified atom stereocenters. The van der Waals surface area contributed by atoms with Gasteiger partial charge in [-0.3, -0.25) is 0 Å². The Balaban J connectivity index is 2.07. The number of carbonyl (C=O) groups excluding carboxylic acids is 2. The molecule has 2 aliphatic carbocycles. The quantitative estimate of drug-likeness (QED) is 0.439. The summed E-state index contributed by atoms with van der Waals surface area (Å²) in [6.07, 6.45) is 4.38. The molecule has 2 aliphatic rings. The van der Waals surface area contributed by atoms with Crippen LogP contribution < -0.4 is 9.47 Å². The first kappa shape index (κ1) is 17.5. The monoisotopic (exact) mass is 362 g/mol. The fourth-order valence-electron chi connectivity index (χ4n) is 4.74. The lowest BCUT2D eigenvalue weighted by molar-refractivity contribution is -0.130. The van der Waals surface area contributed by atoms with Crippen molar-refractivity contribution in [1.82, 2.24) is 0 Å². The van der Waals surface area contributed by atoms with Crippen molar-refractivity contribution in [3.05, 3.63) is 60.2 Å². The average molecular weight is 362 g/mol. The van der Waals surface area contributed by atoms with Crippen LogP contribution in [0.2, 0.25) is 0 Å².